The lowest BCUT2D eigenvalue weighted by atomic mass is 10.0. The summed E-state index contributed by atoms with van der Waals surface area (Å²) in [5.41, 5.74) is 1.82. The molecule has 2 aromatic heterocycles. The molecule has 0 unspecified atom stereocenters. The number of nitrogens with zero attached hydrogens (tertiary/aromatic N) is 4. The highest BCUT2D eigenvalue weighted by Crippen LogP contribution is 2.41. The van der Waals surface area contributed by atoms with Crippen molar-refractivity contribution in [2.75, 3.05) is 18.5 Å². The van der Waals surface area contributed by atoms with Gasteiger partial charge in [-0.1, -0.05) is 12.1 Å². The van der Waals surface area contributed by atoms with E-state index in [2.05, 4.69) is 40.3 Å². The molecule has 25 heavy (non-hydrogen) atoms. The van der Waals surface area contributed by atoms with Gasteiger partial charge in [0.15, 0.2) is 17.1 Å². The van der Waals surface area contributed by atoms with E-state index < -0.39 is 0 Å². The van der Waals surface area contributed by atoms with Crippen LogP contribution in [0.15, 0.2) is 30.7 Å². The van der Waals surface area contributed by atoms with E-state index in [0.717, 1.165) is 34.8 Å². The zero-order chi connectivity index (χ0) is 17.4. The number of hydrogen-bond acceptors (Lipinski definition) is 6. The molecule has 1 aromatic carbocycles. The lowest BCUT2D eigenvalue weighted by molar-refractivity contribution is 0.132. The maximum atomic E-state index is 6.02. The lowest BCUT2D eigenvalue weighted by Gasteiger charge is -2.18. The smallest absolute Gasteiger partial charge is 0.165 e. The Morgan fingerprint density at radius 3 is 3.08 bits per heavy atom. The SMILES string of the molecule is Cn1ncc2c(NCCOc3cccc4c3OC(C)(C)C4)ncnc21. The van der Waals surface area contributed by atoms with Gasteiger partial charge >= 0.3 is 0 Å². The van der Waals surface area contributed by atoms with Crippen LogP contribution in [0.2, 0.25) is 0 Å². The van der Waals surface area contributed by atoms with E-state index in [9.17, 15) is 0 Å². The van der Waals surface area contributed by atoms with Crippen LogP contribution in [0.4, 0.5) is 5.82 Å². The summed E-state index contributed by atoms with van der Waals surface area (Å²) in [6.45, 7) is 5.30. The zero-order valence-corrected chi connectivity index (χ0v) is 14.6. The summed E-state index contributed by atoms with van der Waals surface area (Å²) in [5.74, 6) is 2.42. The minimum absolute atomic E-state index is 0.174. The van der Waals surface area contributed by atoms with Crippen LogP contribution in [0.1, 0.15) is 19.4 Å². The Morgan fingerprint density at radius 1 is 1.32 bits per heavy atom. The zero-order valence-electron chi connectivity index (χ0n) is 14.6. The van der Waals surface area contributed by atoms with Gasteiger partial charge < -0.3 is 14.8 Å². The maximum absolute atomic E-state index is 6.02. The van der Waals surface area contributed by atoms with Crippen molar-refractivity contribution in [2.45, 2.75) is 25.9 Å². The van der Waals surface area contributed by atoms with Crippen molar-refractivity contribution in [2.24, 2.45) is 7.05 Å². The van der Waals surface area contributed by atoms with Crippen molar-refractivity contribution >= 4 is 16.9 Å². The molecule has 7 nitrogen and oxygen atoms in total. The summed E-state index contributed by atoms with van der Waals surface area (Å²) in [6, 6.07) is 6.05. The summed E-state index contributed by atoms with van der Waals surface area (Å²) in [6.07, 6.45) is 4.20. The van der Waals surface area contributed by atoms with Crippen LogP contribution in [0.3, 0.4) is 0 Å². The van der Waals surface area contributed by atoms with Crippen LogP contribution in [0.5, 0.6) is 11.5 Å². The average molecular weight is 339 g/mol. The highest BCUT2D eigenvalue weighted by atomic mass is 16.5. The Balaban J connectivity index is 1.40. The van der Waals surface area contributed by atoms with E-state index in [1.54, 1.807) is 10.9 Å². The van der Waals surface area contributed by atoms with Gasteiger partial charge in [0.05, 0.1) is 18.1 Å². The summed E-state index contributed by atoms with van der Waals surface area (Å²) >= 11 is 0. The molecule has 7 heteroatoms. The Kier molecular flexibility index (Phi) is 3.71. The van der Waals surface area contributed by atoms with E-state index >= 15 is 0 Å². The fourth-order valence-corrected chi connectivity index (χ4v) is 3.13. The topological polar surface area (TPSA) is 74.1 Å². The molecule has 1 aliphatic rings. The van der Waals surface area contributed by atoms with Crippen molar-refractivity contribution in [3.63, 3.8) is 0 Å². The van der Waals surface area contributed by atoms with E-state index in [0.29, 0.717) is 13.2 Å². The van der Waals surface area contributed by atoms with Gasteiger partial charge in [0.1, 0.15) is 24.4 Å². The van der Waals surface area contributed by atoms with Gasteiger partial charge in [-0.2, -0.15) is 5.10 Å². The van der Waals surface area contributed by atoms with E-state index in [1.807, 2.05) is 19.2 Å². The predicted molar refractivity (Wildman–Crippen MR) is 95.1 cm³/mol. The fraction of sp³-hybridized carbons (Fsp3) is 0.389. The van der Waals surface area contributed by atoms with Gasteiger partial charge in [-0.25, -0.2) is 9.97 Å². The van der Waals surface area contributed by atoms with E-state index in [1.165, 1.54) is 11.9 Å². The van der Waals surface area contributed by atoms with Crippen molar-refractivity contribution in [3.05, 3.63) is 36.3 Å². The van der Waals surface area contributed by atoms with Gasteiger partial charge in [0.25, 0.3) is 0 Å². The first-order valence-corrected chi connectivity index (χ1v) is 8.34. The van der Waals surface area contributed by atoms with Crippen LogP contribution >= 0.6 is 0 Å². The molecule has 0 atom stereocenters. The second-order valence-corrected chi connectivity index (χ2v) is 6.79. The predicted octanol–water partition coefficient (Wildman–Crippen LogP) is 2.57. The minimum atomic E-state index is -0.174. The van der Waals surface area contributed by atoms with Crippen molar-refractivity contribution < 1.29 is 9.47 Å². The van der Waals surface area contributed by atoms with Crippen molar-refractivity contribution in [3.8, 4) is 11.5 Å². The molecule has 0 saturated heterocycles. The van der Waals surface area contributed by atoms with Crippen LogP contribution in [0, 0.1) is 0 Å². The van der Waals surface area contributed by atoms with Crippen LogP contribution in [-0.4, -0.2) is 38.5 Å². The first kappa shape index (κ1) is 15.7. The number of anilines is 1. The molecular formula is C18H21N5O2. The largest absolute Gasteiger partial charge is 0.488 e. The van der Waals surface area contributed by atoms with E-state index in [4.69, 9.17) is 9.47 Å². The summed E-state index contributed by atoms with van der Waals surface area (Å²) in [7, 11) is 1.86. The number of aryl methyl sites for hydroxylation is 1. The second kappa shape index (κ2) is 5.91. The highest BCUT2D eigenvalue weighted by Gasteiger charge is 2.32. The Morgan fingerprint density at radius 2 is 2.20 bits per heavy atom. The van der Waals surface area contributed by atoms with Crippen LogP contribution in [0.25, 0.3) is 11.0 Å². The first-order valence-electron chi connectivity index (χ1n) is 8.34. The van der Waals surface area contributed by atoms with Gasteiger partial charge in [-0.15, -0.1) is 0 Å². The molecule has 3 heterocycles. The number of para-hydroxylation sites is 1. The molecule has 0 spiro atoms. The third kappa shape index (κ3) is 2.97. The quantitative estimate of drug-likeness (QED) is 0.720. The highest BCUT2D eigenvalue weighted by molar-refractivity contribution is 5.85. The number of fused-ring (bicyclic) bond motifs is 2. The van der Waals surface area contributed by atoms with E-state index in [-0.39, 0.29) is 5.60 Å². The molecule has 1 aliphatic heterocycles. The third-order valence-corrected chi connectivity index (χ3v) is 4.24. The molecule has 0 amide bonds. The van der Waals surface area contributed by atoms with Crippen molar-refractivity contribution in [1.29, 1.82) is 0 Å². The molecule has 0 bridgehead atoms. The summed E-state index contributed by atoms with van der Waals surface area (Å²) < 4.78 is 13.7. The number of aromatic nitrogens is 4. The average Bonchev–Trinajstić information content (AvgIpc) is 3.11. The monoisotopic (exact) mass is 339 g/mol. The maximum Gasteiger partial charge on any atom is 0.165 e. The van der Waals surface area contributed by atoms with Crippen LogP contribution < -0.4 is 14.8 Å². The second-order valence-electron chi connectivity index (χ2n) is 6.79. The minimum Gasteiger partial charge on any atom is -0.488 e. The Hall–Kier alpha value is -2.83. The molecule has 1 N–H and O–H groups in total. The van der Waals surface area contributed by atoms with Gasteiger partial charge in [0.2, 0.25) is 0 Å². The standard InChI is InChI=1S/C18H21N5O2/c1-18(2)9-12-5-4-6-14(15(12)25-18)24-8-7-19-16-13-10-22-23(3)17(13)21-11-20-16/h4-6,10-11H,7-9H2,1-3H3,(H,19,20,21). The molecule has 0 fully saturated rings. The van der Waals surface area contributed by atoms with Crippen LogP contribution in [-0.2, 0) is 13.5 Å². The Bertz CT molecular complexity index is 919. The fourth-order valence-electron chi connectivity index (χ4n) is 3.13. The van der Waals surface area contributed by atoms with Gasteiger partial charge in [-0.05, 0) is 19.9 Å². The molecule has 4 rings (SSSR count). The Labute approximate surface area is 146 Å². The molecule has 0 saturated carbocycles. The lowest BCUT2D eigenvalue weighted by Crippen LogP contribution is -2.24. The third-order valence-electron chi connectivity index (χ3n) is 4.24. The molecule has 0 aliphatic carbocycles. The summed E-state index contributed by atoms with van der Waals surface area (Å²) in [5, 5.41) is 8.40. The molecule has 0 radical (unpaired) electrons. The van der Waals surface area contributed by atoms with Crippen molar-refractivity contribution in [1.82, 2.24) is 19.7 Å². The first-order chi connectivity index (χ1) is 12.0. The van der Waals surface area contributed by atoms with Gasteiger partial charge in [0, 0.05) is 19.0 Å². The molecular weight excluding hydrogens is 318 g/mol. The van der Waals surface area contributed by atoms with Gasteiger partial charge in [-0.3, -0.25) is 4.68 Å². The molecule has 3 aromatic rings. The number of ether oxygens (including phenoxy) is 2. The number of hydrogen-bond donors (Lipinski definition) is 1. The normalized spacial score (nSPS) is 15.0. The number of rotatable bonds is 5. The number of benzene rings is 1. The molecule has 130 valence electrons. The number of nitrogens with one attached hydrogen (secondary N) is 1. The summed E-state index contributed by atoms with van der Waals surface area (Å²) in [4.78, 5) is 8.52.